The average Bonchev–Trinajstić information content (AvgIpc) is 3.33. The van der Waals surface area contributed by atoms with Gasteiger partial charge in [0.15, 0.2) is 0 Å². The standard InChI is InChI=1S/C32H23N3O3/c33-18-24-8-4-10-26(14-24)20-35-30-13-12-29(37-21-23-6-2-1-3-7-23)16-28(30)17-31(35)32(36)38-22-27-11-5-9-25(15-27)19-34/h1-17H,20-22H2. The van der Waals surface area contributed by atoms with Crippen LogP contribution in [0, 0.1) is 22.7 Å². The van der Waals surface area contributed by atoms with E-state index in [2.05, 4.69) is 12.1 Å². The van der Waals surface area contributed by atoms with Gasteiger partial charge < -0.3 is 14.0 Å². The molecule has 0 aliphatic heterocycles. The molecular formula is C32H23N3O3. The Morgan fingerprint density at radius 2 is 1.39 bits per heavy atom. The van der Waals surface area contributed by atoms with Crippen molar-refractivity contribution in [3.63, 3.8) is 0 Å². The van der Waals surface area contributed by atoms with Crippen LogP contribution in [0.15, 0.2) is 103 Å². The van der Waals surface area contributed by atoms with E-state index < -0.39 is 5.97 Å². The van der Waals surface area contributed by atoms with Crippen molar-refractivity contribution in [1.82, 2.24) is 4.57 Å². The van der Waals surface area contributed by atoms with Gasteiger partial charge in [0.25, 0.3) is 0 Å². The summed E-state index contributed by atoms with van der Waals surface area (Å²) < 4.78 is 13.5. The summed E-state index contributed by atoms with van der Waals surface area (Å²) in [6.07, 6.45) is 0. The zero-order chi connectivity index (χ0) is 26.3. The lowest BCUT2D eigenvalue weighted by Gasteiger charge is -2.12. The fourth-order valence-corrected chi connectivity index (χ4v) is 4.29. The van der Waals surface area contributed by atoms with E-state index in [1.165, 1.54) is 0 Å². The maximum Gasteiger partial charge on any atom is 0.355 e. The first-order valence-electron chi connectivity index (χ1n) is 12.1. The summed E-state index contributed by atoms with van der Waals surface area (Å²) >= 11 is 0. The zero-order valence-electron chi connectivity index (χ0n) is 20.5. The van der Waals surface area contributed by atoms with E-state index in [4.69, 9.17) is 14.7 Å². The highest BCUT2D eigenvalue weighted by molar-refractivity contribution is 5.96. The highest BCUT2D eigenvalue weighted by Gasteiger charge is 2.18. The summed E-state index contributed by atoms with van der Waals surface area (Å²) in [5.74, 6) is 0.213. The van der Waals surface area contributed by atoms with Crippen LogP contribution >= 0.6 is 0 Å². The zero-order valence-corrected chi connectivity index (χ0v) is 20.5. The van der Waals surface area contributed by atoms with E-state index in [-0.39, 0.29) is 6.61 Å². The fraction of sp³-hybridized carbons (Fsp3) is 0.0938. The molecule has 6 heteroatoms. The summed E-state index contributed by atoms with van der Waals surface area (Å²) in [7, 11) is 0. The minimum absolute atomic E-state index is 0.0469. The van der Waals surface area contributed by atoms with Crippen LogP contribution in [0.4, 0.5) is 0 Å². The van der Waals surface area contributed by atoms with Gasteiger partial charge in [0.05, 0.1) is 23.3 Å². The SMILES string of the molecule is N#Cc1cccc(COC(=O)c2cc3cc(OCc4ccccc4)ccc3n2Cc2cccc(C#N)c2)c1. The minimum atomic E-state index is -0.480. The molecule has 0 atom stereocenters. The second-order valence-corrected chi connectivity index (χ2v) is 8.81. The molecule has 0 saturated carbocycles. The maximum atomic E-state index is 13.3. The molecule has 1 heterocycles. The van der Waals surface area contributed by atoms with Crippen LogP contribution in [0.25, 0.3) is 10.9 Å². The lowest BCUT2D eigenvalue weighted by atomic mass is 10.1. The Labute approximate surface area is 220 Å². The van der Waals surface area contributed by atoms with Crippen molar-refractivity contribution < 1.29 is 14.3 Å². The smallest absolute Gasteiger partial charge is 0.355 e. The molecular weight excluding hydrogens is 474 g/mol. The second kappa shape index (κ2) is 11.2. The minimum Gasteiger partial charge on any atom is -0.489 e. The number of esters is 1. The Morgan fingerprint density at radius 1 is 0.711 bits per heavy atom. The van der Waals surface area contributed by atoms with Crippen LogP contribution in [0.3, 0.4) is 0 Å². The first kappa shape index (κ1) is 24.4. The molecule has 4 aromatic carbocycles. The molecule has 5 aromatic rings. The predicted molar refractivity (Wildman–Crippen MR) is 143 cm³/mol. The van der Waals surface area contributed by atoms with E-state index in [1.54, 1.807) is 30.3 Å². The molecule has 0 unspecified atom stereocenters. The Hall–Kier alpha value is -5.33. The largest absolute Gasteiger partial charge is 0.489 e. The van der Waals surface area contributed by atoms with E-state index in [1.807, 2.05) is 77.4 Å². The van der Waals surface area contributed by atoms with Crippen LogP contribution in [0.5, 0.6) is 5.75 Å². The lowest BCUT2D eigenvalue weighted by Crippen LogP contribution is -2.13. The van der Waals surface area contributed by atoms with E-state index in [0.29, 0.717) is 35.7 Å². The van der Waals surface area contributed by atoms with Crippen molar-refractivity contribution in [3.8, 4) is 17.9 Å². The topological polar surface area (TPSA) is 88.0 Å². The normalized spacial score (nSPS) is 10.5. The molecule has 0 fully saturated rings. The molecule has 38 heavy (non-hydrogen) atoms. The van der Waals surface area contributed by atoms with Crippen molar-refractivity contribution in [3.05, 3.63) is 137 Å². The van der Waals surface area contributed by atoms with Gasteiger partial charge in [-0.15, -0.1) is 0 Å². The average molecular weight is 498 g/mol. The number of nitriles is 2. The first-order valence-corrected chi connectivity index (χ1v) is 12.1. The Morgan fingerprint density at radius 3 is 2.13 bits per heavy atom. The number of rotatable bonds is 8. The molecule has 5 rings (SSSR count). The molecule has 0 aliphatic carbocycles. The predicted octanol–water partition coefficient (Wildman–Crippen LogP) is 6.37. The van der Waals surface area contributed by atoms with Gasteiger partial charge in [-0.25, -0.2) is 4.79 Å². The molecule has 0 saturated heterocycles. The molecule has 0 N–H and O–H groups in total. The number of hydrogen-bond acceptors (Lipinski definition) is 5. The molecule has 0 spiro atoms. The summed E-state index contributed by atoms with van der Waals surface area (Å²) in [4.78, 5) is 13.3. The van der Waals surface area contributed by atoms with Gasteiger partial charge in [-0.05, 0) is 65.2 Å². The Balaban J connectivity index is 1.45. The number of fused-ring (bicyclic) bond motifs is 1. The molecule has 6 nitrogen and oxygen atoms in total. The Bertz CT molecular complexity index is 1690. The fourth-order valence-electron chi connectivity index (χ4n) is 4.29. The van der Waals surface area contributed by atoms with E-state index >= 15 is 0 Å². The number of ether oxygens (including phenoxy) is 2. The third-order valence-electron chi connectivity index (χ3n) is 6.15. The van der Waals surface area contributed by atoms with Gasteiger partial charge in [-0.2, -0.15) is 10.5 Å². The van der Waals surface area contributed by atoms with Gasteiger partial charge in [-0.3, -0.25) is 0 Å². The third-order valence-corrected chi connectivity index (χ3v) is 6.15. The van der Waals surface area contributed by atoms with Crippen molar-refractivity contribution in [2.24, 2.45) is 0 Å². The van der Waals surface area contributed by atoms with E-state index in [9.17, 15) is 10.1 Å². The molecule has 0 amide bonds. The van der Waals surface area contributed by atoms with Gasteiger partial charge in [0.2, 0.25) is 0 Å². The highest BCUT2D eigenvalue weighted by Crippen LogP contribution is 2.27. The number of benzene rings is 4. The van der Waals surface area contributed by atoms with Crippen molar-refractivity contribution in [2.75, 3.05) is 0 Å². The van der Waals surface area contributed by atoms with Crippen LogP contribution < -0.4 is 4.74 Å². The Kier molecular flexibility index (Phi) is 7.16. The summed E-state index contributed by atoms with van der Waals surface area (Å²) in [6.45, 7) is 0.869. The molecule has 1 aromatic heterocycles. The first-order chi connectivity index (χ1) is 18.6. The van der Waals surface area contributed by atoms with Crippen LogP contribution in [-0.4, -0.2) is 10.5 Å². The van der Waals surface area contributed by atoms with E-state index in [0.717, 1.165) is 27.6 Å². The maximum absolute atomic E-state index is 13.3. The summed E-state index contributed by atoms with van der Waals surface area (Å²) in [5.41, 5.74) is 4.98. The van der Waals surface area contributed by atoms with Crippen LogP contribution in [-0.2, 0) is 24.5 Å². The number of nitrogens with zero attached hydrogens (tertiary/aromatic N) is 3. The van der Waals surface area contributed by atoms with Crippen molar-refractivity contribution in [2.45, 2.75) is 19.8 Å². The highest BCUT2D eigenvalue weighted by atomic mass is 16.5. The summed E-state index contributed by atoms with van der Waals surface area (Å²) in [6, 6.07) is 36.0. The monoisotopic (exact) mass is 497 g/mol. The quantitative estimate of drug-likeness (QED) is 0.233. The number of carbonyl (C=O) groups excluding carboxylic acids is 1. The van der Waals surface area contributed by atoms with Gasteiger partial charge in [0.1, 0.15) is 24.7 Å². The third kappa shape index (κ3) is 5.56. The molecule has 0 bridgehead atoms. The van der Waals surface area contributed by atoms with Gasteiger partial charge in [-0.1, -0.05) is 54.6 Å². The molecule has 0 radical (unpaired) electrons. The number of carbonyl (C=O) groups is 1. The van der Waals surface area contributed by atoms with Crippen molar-refractivity contribution in [1.29, 1.82) is 10.5 Å². The summed E-state index contributed by atoms with van der Waals surface area (Å²) in [5, 5.41) is 19.3. The van der Waals surface area contributed by atoms with Crippen molar-refractivity contribution >= 4 is 16.9 Å². The number of aromatic nitrogens is 1. The molecule has 184 valence electrons. The second-order valence-electron chi connectivity index (χ2n) is 8.81. The van der Waals surface area contributed by atoms with Gasteiger partial charge >= 0.3 is 5.97 Å². The molecule has 0 aliphatic rings. The number of hydrogen-bond donors (Lipinski definition) is 0. The van der Waals surface area contributed by atoms with Crippen LogP contribution in [0.1, 0.15) is 38.3 Å². The van der Waals surface area contributed by atoms with Crippen LogP contribution in [0.2, 0.25) is 0 Å². The lowest BCUT2D eigenvalue weighted by molar-refractivity contribution is 0.0461. The van der Waals surface area contributed by atoms with Gasteiger partial charge in [0, 0.05) is 17.4 Å².